The molecule has 1 spiro atoms. The summed E-state index contributed by atoms with van der Waals surface area (Å²) >= 11 is 0. The summed E-state index contributed by atoms with van der Waals surface area (Å²) < 4.78 is 16.6. The SMILES string of the molecule is CCOC(=O)CN(CC)C1CCOC2(CCOCC2)C1. The van der Waals surface area contributed by atoms with Gasteiger partial charge < -0.3 is 14.2 Å². The van der Waals surface area contributed by atoms with Crippen LogP contribution in [0.1, 0.15) is 39.5 Å². The van der Waals surface area contributed by atoms with E-state index >= 15 is 0 Å². The number of esters is 1. The fourth-order valence-electron chi connectivity index (χ4n) is 3.28. The number of carbonyl (C=O) groups is 1. The first kappa shape index (κ1) is 15.7. The van der Waals surface area contributed by atoms with Crippen molar-refractivity contribution in [3.8, 4) is 0 Å². The van der Waals surface area contributed by atoms with Crippen molar-refractivity contribution in [2.75, 3.05) is 39.5 Å². The summed E-state index contributed by atoms with van der Waals surface area (Å²) in [5.41, 5.74) is -0.0246. The number of rotatable bonds is 5. The average molecular weight is 285 g/mol. The monoisotopic (exact) mass is 285 g/mol. The van der Waals surface area contributed by atoms with Gasteiger partial charge in [-0.05, 0) is 39.2 Å². The molecule has 0 aromatic rings. The molecule has 2 aliphatic rings. The predicted molar refractivity (Wildman–Crippen MR) is 75.6 cm³/mol. The van der Waals surface area contributed by atoms with E-state index in [2.05, 4.69) is 11.8 Å². The van der Waals surface area contributed by atoms with E-state index in [9.17, 15) is 4.79 Å². The van der Waals surface area contributed by atoms with Crippen LogP contribution in [0.5, 0.6) is 0 Å². The topological polar surface area (TPSA) is 48.0 Å². The highest BCUT2D eigenvalue weighted by Gasteiger charge is 2.40. The highest BCUT2D eigenvalue weighted by Crippen LogP contribution is 2.35. The van der Waals surface area contributed by atoms with Gasteiger partial charge in [0.15, 0.2) is 0 Å². The summed E-state index contributed by atoms with van der Waals surface area (Å²) in [4.78, 5) is 13.9. The van der Waals surface area contributed by atoms with Gasteiger partial charge in [0.2, 0.25) is 0 Å². The number of ether oxygens (including phenoxy) is 3. The van der Waals surface area contributed by atoms with E-state index in [-0.39, 0.29) is 11.6 Å². The highest BCUT2D eigenvalue weighted by molar-refractivity contribution is 5.71. The molecule has 0 N–H and O–H groups in total. The molecular weight excluding hydrogens is 258 g/mol. The zero-order chi connectivity index (χ0) is 14.4. The van der Waals surface area contributed by atoms with Crippen LogP contribution in [-0.4, -0.2) is 62.0 Å². The molecule has 0 aromatic heterocycles. The Morgan fingerprint density at radius 1 is 1.30 bits per heavy atom. The van der Waals surface area contributed by atoms with Crippen molar-refractivity contribution in [3.63, 3.8) is 0 Å². The minimum atomic E-state index is -0.123. The van der Waals surface area contributed by atoms with Gasteiger partial charge in [-0.1, -0.05) is 6.92 Å². The smallest absolute Gasteiger partial charge is 0.320 e. The normalized spacial score (nSPS) is 25.9. The van der Waals surface area contributed by atoms with Crippen LogP contribution in [0.2, 0.25) is 0 Å². The summed E-state index contributed by atoms with van der Waals surface area (Å²) in [6.45, 7) is 8.02. The van der Waals surface area contributed by atoms with Crippen molar-refractivity contribution in [2.24, 2.45) is 0 Å². The summed E-state index contributed by atoms with van der Waals surface area (Å²) in [7, 11) is 0. The molecule has 1 unspecified atom stereocenters. The Kier molecular flexibility index (Phi) is 5.81. The first-order chi connectivity index (χ1) is 9.69. The van der Waals surface area contributed by atoms with Gasteiger partial charge in [0, 0.05) is 25.9 Å². The van der Waals surface area contributed by atoms with Gasteiger partial charge in [0.1, 0.15) is 0 Å². The number of hydrogen-bond donors (Lipinski definition) is 0. The average Bonchev–Trinajstić information content (AvgIpc) is 2.46. The van der Waals surface area contributed by atoms with Gasteiger partial charge in [-0.3, -0.25) is 9.69 Å². The lowest BCUT2D eigenvalue weighted by Gasteiger charge is -2.46. The Balaban J connectivity index is 1.93. The molecule has 2 fully saturated rings. The van der Waals surface area contributed by atoms with E-state index in [1.165, 1.54) is 0 Å². The molecule has 0 radical (unpaired) electrons. The van der Waals surface area contributed by atoms with Crippen LogP contribution in [0, 0.1) is 0 Å². The molecule has 1 atom stereocenters. The first-order valence-corrected chi connectivity index (χ1v) is 7.80. The maximum Gasteiger partial charge on any atom is 0.320 e. The molecule has 116 valence electrons. The molecule has 2 saturated heterocycles. The molecule has 2 rings (SSSR count). The maximum atomic E-state index is 11.7. The summed E-state index contributed by atoms with van der Waals surface area (Å²) in [6, 6.07) is 0.413. The summed E-state index contributed by atoms with van der Waals surface area (Å²) in [5, 5.41) is 0. The van der Waals surface area contributed by atoms with Crippen LogP contribution in [0.4, 0.5) is 0 Å². The third-order valence-corrected chi connectivity index (χ3v) is 4.43. The lowest BCUT2D eigenvalue weighted by molar-refractivity contribution is -0.158. The Morgan fingerprint density at radius 3 is 2.70 bits per heavy atom. The van der Waals surface area contributed by atoms with Gasteiger partial charge >= 0.3 is 5.97 Å². The maximum absolute atomic E-state index is 11.7. The van der Waals surface area contributed by atoms with Crippen LogP contribution < -0.4 is 0 Å². The van der Waals surface area contributed by atoms with Crippen LogP contribution in [-0.2, 0) is 19.0 Å². The lowest BCUT2D eigenvalue weighted by Crippen LogP contribution is -2.52. The van der Waals surface area contributed by atoms with E-state index in [1.54, 1.807) is 0 Å². The molecule has 0 aromatic carbocycles. The fourth-order valence-corrected chi connectivity index (χ4v) is 3.28. The minimum Gasteiger partial charge on any atom is -0.465 e. The van der Waals surface area contributed by atoms with E-state index < -0.39 is 0 Å². The van der Waals surface area contributed by atoms with Gasteiger partial charge in [-0.15, -0.1) is 0 Å². The van der Waals surface area contributed by atoms with Crippen molar-refractivity contribution >= 4 is 5.97 Å². The van der Waals surface area contributed by atoms with Crippen molar-refractivity contribution < 1.29 is 19.0 Å². The second-order valence-electron chi connectivity index (χ2n) is 5.66. The van der Waals surface area contributed by atoms with E-state index in [1.807, 2.05) is 6.92 Å². The Hall–Kier alpha value is -0.650. The van der Waals surface area contributed by atoms with Crippen molar-refractivity contribution in [1.29, 1.82) is 0 Å². The number of likely N-dealkylation sites (N-methyl/N-ethyl adjacent to an activating group) is 1. The Labute approximate surface area is 121 Å². The van der Waals surface area contributed by atoms with Gasteiger partial charge in [-0.25, -0.2) is 0 Å². The van der Waals surface area contributed by atoms with Gasteiger partial charge in [0.25, 0.3) is 0 Å². The molecule has 0 bridgehead atoms. The molecule has 0 amide bonds. The van der Waals surface area contributed by atoms with Crippen molar-refractivity contribution in [1.82, 2.24) is 4.90 Å². The molecule has 5 nitrogen and oxygen atoms in total. The Bertz CT molecular complexity index is 309. The molecule has 2 heterocycles. The largest absolute Gasteiger partial charge is 0.465 e. The fraction of sp³-hybridized carbons (Fsp3) is 0.933. The third-order valence-electron chi connectivity index (χ3n) is 4.43. The molecule has 0 saturated carbocycles. The quantitative estimate of drug-likeness (QED) is 0.718. The van der Waals surface area contributed by atoms with Crippen LogP contribution >= 0.6 is 0 Å². The predicted octanol–water partition coefficient (Wildman–Crippen LogP) is 1.60. The Morgan fingerprint density at radius 2 is 2.05 bits per heavy atom. The standard InChI is InChI=1S/C15H27NO4/c1-3-16(12-14(17)19-4-2)13-5-8-20-15(11-13)6-9-18-10-7-15/h13H,3-12H2,1-2H3. The van der Waals surface area contributed by atoms with Crippen molar-refractivity contribution in [2.45, 2.75) is 51.2 Å². The number of hydrogen-bond acceptors (Lipinski definition) is 5. The molecular formula is C15H27NO4. The number of carbonyl (C=O) groups excluding carboxylic acids is 1. The van der Waals surface area contributed by atoms with Crippen LogP contribution in [0.15, 0.2) is 0 Å². The van der Waals surface area contributed by atoms with Crippen LogP contribution in [0.3, 0.4) is 0 Å². The van der Waals surface area contributed by atoms with Gasteiger partial charge in [-0.2, -0.15) is 0 Å². The molecule has 0 aliphatic carbocycles. The third kappa shape index (κ3) is 3.93. The molecule has 2 aliphatic heterocycles. The lowest BCUT2D eigenvalue weighted by atomic mass is 9.83. The zero-order valence-electron chi connectivity index (χ0n) is 12.7. The highest BCUT2D eigenvalue weighted by atomic mass is 16.5. The van der Waals surface area contributed by atoms with Crippen molar-refractivity contribution in [3.05, 3.63) is 0 Å². The van der Waals surface area contributed by atoms with Gasteiger partial charge in [0.05, 0.1) is 18.8 Å². The summed E-state index contributed by atoms with van der Waals surface area (Å²) in [5.74, 6) is -0.123. The van der Waals surface area contributed by atoms with E-state index in [4.69, 9.17) is 14.2 Å². The van der Waals surface area contributed by atoms with E-state index in [0.29, 0.717) is 19.2 Å². The zero-order valence-corrected chi connectivity index (χ0v) is 12.7. The first-order valence-electron chi connectivity index (χ1n) is 7.80. The van der Waals surface area contributed by atoms with E-state index in [0.717, 1.165) is 52.0 Å². The molecule has 20 heavy (non-hydrogen) atoms. The second-order valence-corrected chi connectivity index (χ2v) is 5.66. The van der Waals surface area contributed by atoms with Crippen LogP contribution in [0.25, 0.3) is 0 Å². The number of nitrogens with zero attached hydrogens (tertiary/aromatic N) is 1. The summed E-state index contributed by atoms with van der Waals surface area (Å²) in [6.07, 6.45) is 3.94. The minimum absolute atomic E-state index is 0.0246. The molecule has 5 heteroatoms. The second kappa shape index (κ2) is 7.38.